The Morgan fingerprint density at radius 2 is 1.65 bits per heavy atom. The van der Waals surface area contributed by atoms with Gasteiger partial charge in [-0.25, -0.2) is 9.36 Å². The van der Waals surface area contributed by atoms with Crippen LogP contribution >= 0.6 is 7.82 Å². The predicted molar refractivity (Wildman–Crippen MR) is 148 cm³/mol. The van der Waals surface area contributed by atoms with Gasteiger partial charge in [0.15, 0.2) is 30.1 Å². The van der Waals surface area contributed by atoms with Crippen LogP contribution in [0.1, 0.15) is 61.3 Å². The highest BCUT2D eigenvalue weighted by Gasteiger charge is 2.60. The van der Waals surface area contributed by atoms with Gasteiger partial charge in [-0.15, -0.1) is 11.5 Å². The number of carbonyl (C=O) groups excluding carboxylic acids is 1. The smallest absolute Gasteiger partial charge is 0.453 e. The van der Waals surface area contributed by atoms with Crippen LogP contribution in [0, 0.1) is 11.5 Å². The number of phosphoric ester groups is 1. The van der Waals surface area contributed by atoms with Gasteiger partial charge in [-0.2, -0.15) is 0 Å². The molecule has 0 saturated carbocycles. The van der Waals surface area contributed by atoms with Crippen molar-refractivity contribution in [1.29, 1.82) is 0 Å². The summed E-state index contributed by atoms with van der Waals surface area (Å²) < 4.78 is 65.3. The molecule has 3 aliphatic heterocycles. The minimum atomic E-state index is -3.95. The van der Waals surface area contributed by atoms with Crippen LogP contribution in [0.2, 0.25) is 19.6 Å². The number of fused-ring (bicyclic) bond motifs is 1. The topological polar surface area (TPSA) is 117 Å². The van der Waals surface area contributed by atoms with Crippen LogP contribution < -0.4 is 0 Å². The number of ether oxygens (including phenoxy) is 6. The highest BCUT2D eigenvalue weighted by molar-refractivity contribution is 7.48. The fraction of sp³-hybridized carbons (Fsp3) is 0.815. The summed E-state index contributed by atoms with van der Waals surface area (Å²) in [7, 11) is -5.57. The molecule has 0 radical (unpaired) electrons. The first-order valence-electron chi connectivity index (χ1n) is 13.8. The van der Waals surface area contributed by atoms with E-state index in [0.717, 1.165) is 0 Å². The number of allylic oxidation sites excluding steroid dienone is 1. The molecule has 5 atom stereocenters. The van der Waals surface area contributed by atoms with E-state index in [-0.39, 0.29) is 37.6 Å². The Labute approximate surface area is 239 Å². The number of esters is 1. The molecule has 228 valence electrons. The normalized spacial score (nSPS) is 29.8. The molecule has 40 heavy (non-hydrogen) atoms. The zero-order valence-electron chi connectivity index (χ0n) is 25.4. The summed E-state index contributed by atoms with van der Waals surface area (Å²) in [5.74, 6) is 0.807. The van der Waals surface area contributed by atoms with Crippen LogP contribution in [0.3, 0.4) is 0 Å². The summed E-state index contributed by atoms with van der Waals surface area (Å²) in [4.78, 5) is 13.8. The summed E-state index contributed by atoms with van der Waals surface area (Å²) in [6.45, 7) is 18.9. The van der Waals surface area contributed by atoms with Crippen LogP contribution in [-0.4, -0.2) is 76.1 Å². The first kappa shape index (κ1) is 33.2. The molecule has 0 N–H and O–H groups in total. The van der Waals surface area contributed by atoms with Crippen molar-refractivity contribution in [3.05, 3.63) is 11.3 Å². The zero-order valence-corrected chi connectivity index (χ0v) is 27.3. The lowest BCUT2D eigenvalue weighted by molar-refractivity contribution is -0.235. The van der Waals surface area contributed by atoms with E-state index in [1.54, 1.807) is 41.5 Å². The molecule has 0 unspecified atom stereocenters. The predicted octanol–water partition coefficient (Wildman–Crippen LogP) is 5.06. The first-order chi connectivity index (χ1) is 18.5. The van der Waals surface area contributed by atoms with Gasteiger partial charge in [0.05, 0.1) is 25.4 Å². The van der Waals surface area contributed by atoms with Gasteiger partial charge in [0.25, 0.3) is 0 Å². The average molecular weight is 605 g/mol. The van der Waals surface area contributed by atoms with E-state index in [1.807, 2.05) is 0 Å². The van der Waals surface area contributed by atoms with Crippen LogP contribution in [0.25, 0.3) is 0 Å². The number of hydrogen-bond donors (Lipinski definition) is 0. The summed E-state index contributed by atoms with van der Waals surface area (Å²) in [5.41, 5.74) is 3.45. The highest BCUT2D eigenvalue weighted by atomic mass is 31.2. The minimum Gasteiger partial charge on any atom is -0.453 e. The second kappa shape index (κ2) is 12.9. The lowest BCUT2D eigenvalue weighted by atomic mass is 10.0. The molecule has 3 fully saturated rings. The summed E-state index contributed by atoms with van der Waals surface area (Å²) in [6.07, 6.45) is -2.97. The molecule has 0 aromatic rings. The summed E-state index contributed by atoms with van der Waals surface area (Å²) in [6, 6.07) is 0. The molecular formula is C27H45O11PSi. The maximum absolute atomic E-state index is 13.8. The second-order valence-corrected chi connectivity index (χ2v) is 18.1. The fourth-order valence-corrected chi connectivity index (χ4v) is 6.49. The van der Waals surface area contributed by atoms with Gasteiger partial charge < -0.3 is 32.9 Å². The van der Waals surface area contributed by atoms with Crippen molar-refractivity contribution in [2.24, 2.45) is 0 Å². The lowest BCUT2D eigenvalue weighted by Crippen LogP contribution is -2.45. The van der Waals surface area contributed by atoms with Gasteiger partial charge in [0.2, 0.25) is 0 Å². The number of hydrogen-bond acceptors (Lipinski definition) is 11. The Kier molecular flexibility index (Phi) is 10.8. The standard InChI is InChI=1S/C27H45O11PSi/c1-11-31-39(29,32-12-2)38-18(3)19(15-13-14-16-40(8,9)10)24(28)33-22-21(20-17-30-26(4,5)35-20)34-25-23(22)36-27(6,7)37-25/h20-23,25H,11-13,15,17H2,1-10H3/b19-18-/t20-,21+,22+,23+,25+/m0/s1. The van der Waals surface area contributed by atoms with E-state index in [2.05, 4.69) is 31.1 Å². The van der Waals surface area contributed by atoms with E-state index >= 15 is 0 Å². The van der Waals surface area contributed by atoms with E-state index in [9.17, 15) is 9.36 Å². The van der Waals surface area contributed by atoms with Gasteiger partial charge >= 0.3 is 13.8 Å². The van der Waals surface area contributed by atoms with Crippen LogP contribution in [-0.2, 0) is 51.4 Å². The molecule has 0 bridgehead atoms. The summed E-state index contributed by atoms with van der Waals surface area (Å²) >= 11 is 0. The van der Waals surface area contributed by atoms with E-state index in [1.165, 1.54) is 6.92 Å². The largest absolute Gasteiger partial charge is 0.529 e. The minimum absolute atomic E-state index is 0.0718. The molecule has 3 saturated heterocycles. The van der Waals surface area contributed by atoms with Crippen molar-refractivity contribution in [3.63, 3.8) is 0 Å². The third-order valence-corrected chi connectivity index (χ3v) is 8.70. The average Bonchev–Trinajstić information content (AvgIpc) is 3.42. The Morgan fingerprint density at radius 1 is 1.00 bits per heavy atom. The lowest BCUT2D eigenvalue weighted by Gasteiger charge is -2.29. The third kappa shape index (κ3) is 8.87. The van der Waals surface area contributed by atoms with E-state index in [0.29, 0.717) is 6.42 Å². The molecular weight excluding hydrogens is 559 g/mol. The highest BCUT2D eigenvalue weighted by Crippen LogP contribution is 2.52. The van der Waals surface area contributed by atoms with Crippen LogP contribution in [0.15, 0.2) is 11.3 Å². The maximum Gasteiger partial charge on any atom is 0.529 e. The van der Waals surface area contributed by atoms with Gasteiger partial charge in [-0.3, -0.25) is 9.05 Å². The van der Waals surface area contributed by atoms with E-state index < -0.39 is 64.1 Å². The molecule has 0 aromatic heterocycles. The van der Waals surface area contributed by atoms with Crippen molar-refractivity contribution in [2.75, 3.05) is 19.8 Å². The third-order valence-electron chi connectivity index (χ3n) is 6.12. The molecule has 0 aliphatic carbocycles. The Hall–Kier alpha value is -1.26. The van der Waals surface area contributed by atoms with Crippen LogP contribution in [0.4, 0.5) is 0 Å². The Morgan fingerprint density at radius 3 is 2.20 bits per heavy atom. The molecule has 3 heterocycles. The van der Waals surface area contributed by atoms with E-state index in [4.69, 9.17) is 42.0 Å². The number of carbonyl (C=O) groups is 1. The van der Waals surface area contributed by atoms with Crippen molar-refractivity contribution >= 4 is 21.9 Å². The molecule has 0 spiro atoms. The van der Waals surface area contributed by atoms with Gasteiger partial charge in [0, 0.05) is 6.42 Å². The molecule has 3 rings (SSSR count). The molecule has 0 aromatic carbocycles. The van der Waals surface area contributed by atoms with Crippen LogP contribution in [0.5, 0.6) is 0 Å². The SMILES string of the molecule is CCOP(=O)(OCC)O/C(C)=C(/CCC#C[Si](C)(C)C)C(=O)O[C@H]1[C@H]2OC(C)(C)O[C@H]2O[C@@H]1[C@@H]1COC(C)(C)O1. The summed E-state index contributed by atoms with van der Waals surface area (Å²) in [5, 5.41) is 0. The Balaban J connectivity index is 1.90. The zero-order chi connectivity index (χ0) is 29.9. The van der Waals surface area contributed by atoms with Gasteiger partial charge in [0.1, 0.15) is 26.0 Å². The van der Waals surface area contributed by atoms with Crippen molar-refractivity contribution in [1.82, 2.24) is 0 Å². The Bertz CT molecular complexity index is 1040. The molecule has 0 amide bonds. The first-order valence-corrected chi connectivity index (χ1v) is 18.8. The number of phosphoric acid groups is 1. The maximum atomic E-state index is 13.8. The number of rotatable bonds is 11. The van der Waals surface area contributed by atoms with Crippen molar-refractivity contribution in [2.45, 2.75) is 123 Å². The second-order valence-electron chi connectivity index (χ2n) is 11.8. The van der Waals surface area contributed by atoms with Crippen molar-refractivity contribution < 1.29 is 51.4 Å². The molecule has 3 aliphatic rings. The van der Waals surface area contributed by atoms with Crippen molar-refractivity contribution in [3.8, 4) is 11.5 Å². The molecule has 13 heteroatoms. The monoisotopic (exact) mass is 604 g/mol. The fourth-order valence-electron chi connectivity index (χ4n) is 4.58. The quantitative estimate of drug-likeness (QED) is 0.0787. The van der Waals surface area contributed by atoms with Gasteiger partial charge in [-0.1, -0.05) is 19.6 Å². The molecule has 11 nitrogen and oxygen atoms in total. The van der Waals surface area contributed by atoms with Gasteiger partial charge in [-0.05, 0) is 54.9 Å².